The molecule has 66 valence electrons. The van der Waals surface area contributed by atoms with Crippen molar-refractivity contribution in [3.8, 4) is 0 Å². The van der Waals surface area contributed by atoms with E-state index < -0.39 is 0 Å². The minimum Gasteiger partial charge on any atom is -0.470 e. The van der Waals surface area contributed by atoms with Crippen LogP contribution in [-0.2, 0) is 0 Å². The lowest BCUT2D eigenvalue weighted by molar-refractivity contribution is 0.445. The molecule has 12 heavy (non-hydrogen) atoms. The lowest BCUT2D eigenvalue weighted by Crippen LogP contribution is -2.33. The van der Waals surface area contributed by atoms with Crippen LogP contribution in [0.15, 0.2) is 23.0 Å². The number of piperidine rings is 1. The minimum absolute atomic E-state index is 0.827. The summed E-state index contributed by atoms with van der Waals surface area (Å²) in [5.41, 5.74) is 1.24. The molecule has 1 atom stereocenters. The van der Waals surface area contributed by atoms with Crippen molar-refractivity contribution < 1.29 is 4.42 Å². The summed E-state index contributed by atoms with van der Waals surface area (Å²) >= 11 is 0. The molecule has 1 fully saturated rings. The molecule has 2 heterocycles. The first-order valence-corrected chi connectivity index (χ1v) is 4.63. The van der Waals surface area contributed by atoms with Gasteiger partial charge in [-0.15, -0.1) is 0 Å². The molecule has 0 aromatic carbocycles. The molecule has 1 aliphatic rings. The second-order valence-corrected chi connectivity index (χ2v) is 3.67. The summed E-state index contributed by atoms with van der Waals surface area (Å²) in [6.07, 6.45) is 6.26. The summed E-state index contributed by atoms with van der Waals surface area (Å²) in [6, 6.07) is 2.04. The third-order valence-corrected chi connectivity index (χ3v) is 2.53. The number of furan rings is 1. The smallest absolute Gasteiger partial charge is 0.114 e. The Morgan fingerprint density at radius 1 is 1.58 bits per heavy atom. The first-order chi connectivity index (χ1) is 5.86. The topological polar surface area (TPSA) is 16.4 Å². The Labute approximate surface area is 73.2 Å². The van der Waals surface area contributed by atoms with Crippen molar-refractivity contribution in [2.75, 3.05) is 18.0 Å². The first kappa shape index (κ1) is 7.71. The van der Waals surface area contributed by atoms with Crippen LogP contribution in [0.25, 0.3) is 0 Å². The van der Waals surface area contributed by atoms with Crippen molar-refractivity contribution in [3.63, 3.8) is 0 Å². The first-order valence-electron chi connectivity index (χ1n) is 4.63. The highest BCUT2D eigenvalue weighted by molar-refractivity contribution is 5.43. The molecule has 1 aromatic rings. The van der Waals surface area contributed by atoms with Crippen molar-refractivity contribution in [2.45, 2.75) is 19.8 Å². The summed E-state index contributed by atoms with van der Waals surface area (Å²) in [7, 11) is 0. The molecular formula is C10H15NO. The maximum Gasteiger partial charge on any atom is 0.114 e. The molecule has 0 amide bonds. The van der Waals surface area contributed by atoms with Gasteiger partial charge in [-0.1, -0.05) is 6.92 Å². The van der Waals surface area contributed by atoms with Crippen LogP contribution in [-0.4, -0.2) is 13.1 Å². The summed E-state index contributed by atoms with van der Waals surface area (Å²) in [6.45, 7) is 4.68. The SMILES string of the molecule is CC1CCCN(c2ccoc2)C1. The van der Waals surface area contributed by atoms with Gasteiger partial charge in [0.1, 0.15) is 6.26 Å². The average Bonchev–Trinajstić information content (AvgIpc) is 2.56. The molecule has 0 radical (unpaired) electrons. The van der Waals surface area contributed by atoms with Gasteiger partial charge in [-0.05, 0) is 24.8 Å². The number of hydrogen-bond acceptors (Lipinski definition) is 2. The van der Waals surface area contributed by atoms with Gasteiger partial charge in [0, 0.05) is 13.1 Å². The van der Waals surface area contributed by atoms with E-state index in [2.05, 4.69) is 11.8 Å². The Morgan fingerprint density at radius 2 is 2.50 bits per heavy atom. The third-order valence-electron chi connectivity index (χ3n) is 2.53. The molecule has 0 aliphatic carbocycles. The van der Waals surface area contributed by atoms with Gasteiger partial charge in [-0.25, -0.2) is 0 Å². The van der Waals surface area contributed by atoms with Gasteiger partial charge in [0.15, 0.2) is 0 Å². The van der Waals surface area contributed by atoms with E-state index in [-0.39, 0.29) is 0 Å². The van der Waals surface area contributed by atoms with Crippen molar-refractivity contribution in [1.82, 2.24) is 0 Å². The van der Waals surface area contributed by atoms with Crippen LogP contribution in [0, 0.1) is 5.92 Å². The molecule has 0 bridgehead atoms. The van der Waals surface area contributed by atoms with Crippen LogP contribution in [0.4, 0.5) is 5.69 Å². The Morgan fingerprint density at radius 3 is 3.17 bits per heavy atom. The van der Waals surface area contributed by atoms with Crippen LogP contribution in [0.5, 0.6) is 0 Å². The summed E-state index contributed by atoms with van der Waals surface area (Å²) < 4.78 is 5.06. The zero-order valence-corrected chi connectivity index (χ0v) is 7.49. The van der Waals surface area contributed by atoms with Crippen molar-refractivity contribution >= 4 is 5.69 Å². The van der Waals surface area contributed by atoms with E-state index in [1.54, 1.807) is 6.26 Å². The molecule has 1 aromatic heterocycles. The van der Waals surface area contributed by atoms with Crippen LogP contribution in [0.1, 0.15) is 19.8 Å². The molecular weight excluding hydrogens is 150 g/mol. The number of nitrogens with zero attached hydrogens (tertiary/aromatic N) is 1. The Bertz CT molecular complexity index is 230. The highest BCUT2D eigenvalue weighted by Crippen LogP contribution is 2.22. The average molecular weight is 165 g/mol. The monoisotopic (exact) mass is 165 g/mol. The molecule has 0 spiro atoms. The van der Waals surface area contributed by atoms with Gasteiger partial charge in [0.2, 0.25) is 0 Å². The second-order valence-electron chi connectivity index (χ2n) is 3.67. The second kappa shape index (κ2) is 3.21. The Kier molecular flexibility index (Phi) is 2.07. The predicted octanol–water partition coefficient (Wildman–Crippen LogP) is 2.52. The molecule has 1 unspecified atom stereocenters. The quantitative estimate of drug-likeness (QED) is 0.635. The summed E-state index contributed by atoms with van der Waals surface area (Å²) in [4.78, 5) is 2.40. The molecule has 0 saturated carbocycles. The van der Waals surface area contributed by atoms with Gasteiger partial charge < -0.3 is 9.32 Å². The highest BCUT2D eigenvalue weighted by atomic mass is 16.3. The molecule has 1 saturated heterocycles. The van der Waals surface area contributed by atoms with Gasteiger partial charge >= 0.3 is 0 Å². The van der Waals surface area contributed by atoms with E-state index in [1.165, 1.54) is 31.6 Å². The van der Waals surface area contributed by atoms with Gasteiger partial charge in [-0.2, -0.15) is 0 Å². The van der Waals surface area contributed by atoms with Crippen LogP contribution < -0.4 is 4.90 Å². The van der Waals surface area contributed by atoms with Crippen molar-refractivity contribution in [3.05, 3.63) is 18.6 Å². The Hall–Kier alpha value is -0.920. The van der Waals surface area contributed by atoms with Crippen LogP contribution in [0.3, 0.4) is 0 Å². The fraction of sp³-hybridized carbons (Fsp3) is 0.600. The number of rotatable bonds is 1. The standard InChI is InChI=1S/C10H15NO/c1-9-3-2-5-11(7-9)10-4-6-12-8-10/h4,6,8-9H,2-3,5,7H2,1H3. The zero-order valence-electron chi connectivity index (χ0n) is 7.49. The lowest BCUT2D eigenvalue weighted by atomic mass is 10.0. The normalized spacial score (nSPS) is 24.4. The maximum absolute atomic E-state index is 5.06. The largest absolute Gasteiger partial charge is 0.470 e. The van der Waals surface area contributed by atoms with Crippen molar-refractivity contribution in [1.29, 1.82) is 0 Å². The van der Waals surface area contributed by atoms with Gasteiger partial charge in [0.05, 0.1) is 12.0 Å². The van der Waals surface area contributed by atoms with E-state index in [4.69, 9.17) is 4.42 Å². The van der Waals surface area contributed by atoms with Gasteiger partial charge in [0.25, 0.3) is 0 Å². The minimum atomic E-state index is 0.827. The summed E-state index contributed by atoms with van der Waals surface area (Å²) in [5.74, 6) is 0.827. The van der Waals surface area contributed by atoms with E-state index >= 15 is 0 Å². The van der Waals surface area contributed by atoms with Gasteiger partial charge in [-0.3, -0.25) is 0 Å². The number of anilines is 1. The zero-order chi connectivity index (χ0) is 8.39. The summed E-state index contributed by atoms with van der Waals surface area (Å²) in [5, 5.41) is 0. The molecule has 1 aliphatic heterocycles. The predicted molar refractivity (Wildman–Crippen MR) is 49.3 cm³/mol. The fourth-order valence-corrected chi connectivity index (χ4v) is 1.86. The van der Waals surface area contributed by atoms with E-state index in [0.717, 1.165) is 5.92 Å². The van der Waals surface area contributed by atoms with Crippen LogP contribution in [0.2, 0.25) is 0 Å². The van der Waals surface area contributed by atoms with E-state index in [1.807, 2.05) is 12.3 Å². The molecule has 2 nitrogen and oxygen atoms in total. The molecule has 0 N–H and O–H groups in total. The van der Waals surface area contributed by atoms with Crippen molar-refractivity contribution in [2.24, 2.45) is 5.92 Å². The molecule has 2 rings (SSSR count). The van der Waals surface area contributed by atoms with Crippen LogP contribution >= 0.6 is 0 Å². The fourth-order valence-electron chi connectivity index (χ4n) is 1.86. The van der Waals surface area contributed by atoms with E-state index in [9.17, 15) is 0 Å². The number of hydrogen-bond donors (Lipinski definition) is 0. The Balaban J connectivity index is 2.04. The highest BCUT2D eigenvalue weighted by Gasteiger charge is 2.16. The maximum atomic E-state index is 5.06. The third kappa shape index (κ3) is 1.47. The van der Waals surface area contributed by atoms with E-state index in [0.29, 0.717) is 0 Å². The lowest BCUT2D eigenvalue weighted by Gasteiger charge is -2.31. The molecule has 2 heteroatoms.